The van der Waals surface area contributed by atoms with Gasteiger partial charge in [-0.3, -0.25) is 4.84 Å². The molecule has 5 heteroatoms. The van der Waals surface area contributed by atoms with E-state index in [1.807, 2.05) is 32.2 Å². The summed E-state index contributed by atoms with van der Waals surface area (Å²) in [5, 5.41) is 0. The van der Waals surface area contributed by atoms with Gasteiger partial charge < -0.3 is 4.90 Å². The fourth-order valence-corrected chi connectivity index (χ4v) is 1.22. The molecule has 0 aromatic heterocycles. The number of nitrogens with two attached hydrogens (primary N) is 1. The summed E-state index contributed by atoms with van der Waals surface area (Å²) >= 11 is 0. The Morgan fingerprint density at radius 3 is 2.27 bits per heavy atom. The molecule has 15 heavy (non-hydrogen) atoms. The molecule has 0 spiro atoms. The van der Waals surface area contributed by atoms with Crippen molar-refractivity contribution in [3.63, 3.8) is 0 Å². The van der Waals surface area contributed by atoms with Crippen molar-refractivity contribution in [1.29, 1.82) is 0 Å². The smallest absolute Gasteiger partial charge is 0.0933 e. The molecule has 1 atom stereocenters. The van der Waals surface area contributed by atoms with Crippen LogP contribution in [0.5, 0.6) is 0 Å². The van der Waals surface area contributed by atoms with Crippen molar-refractivity contribution in [3.05, 3.63) is 30.3 Å². The Hall–Kier alpha value is -0.480. The highest BCUT2D eigenvalue weighted by Gasteiger charge is 2.05. The molecule has 1 aromatic carbocycles. The summed E-state index contributed by atoms with van der Waals surface area (Å²) in [6.45, 7) is 2.74. The zero-order chi connectivity index (χ0) is 9.68. The van der Waals surface area contributed by atoms with E-state index in [-0.39, 0.29) is 30.9 Å². The molecule has 0 radical (unpaired) electrons. The van der Waals surface area contributed by atoms with Gasteiger partial charge in [-0.1, -0.05) is 18.2 Å². The first-order chi connectivity index (χ1) is 6.24. The SMILES string of the molecule is CC(CN(C)c1ccccc1)ON.Cl.Cl. The molecular formula is C10H18Cl2N2O. The van der Waals surface area contributed by atoms with E-state index >= 15 is 0 Å². The Bertz CT molecular complexity index is 246. The summed E-state index contributed by atoms with van der Waals surface area (Å²) in [4.78, 5) is 6.81. The second-order valence-electron chi connectivity index (χ2n) is 3.16. The molecule has 1 unspecified atom stereocenters. The number of para-hydroxylation sites is 1. The van der Waals surface area contributed by atoms with Crippen molar-refractivity contribution < 1.29 is 4.84 Å². The molecule has 0 heterocycles. The van der Waals surface area contributed by atoms with E-state index in [1.54, 1.807) is 0 Å². The molecule has 2 N–H and O–H groups in total. The van der Waals surface area contributed by atoms with Crippen molar-refractivity contribution in [2.75, 3.05) is 18.5 Å². The van der Waals surface area contributed by atoms with Crippen molar-refractivity contribution in [1.82, 2.24) is 0 Å². The van der Waals surface area contributed by atoms with Gasteiger partial charge in [-0.15, -0.1) is 24.8 Å². The molecule has 0 fully saturated rings. The van der Waals surface area contributed by atoms with Crippen molar-refractivity contribution >= 4 is 30.5 Å². The number of likely N-dealkylation sites (N-methyl/N-ethyl adjacent to an activating group) is 1. The Morgan fingerprint density at radius 1 is 1.27 bits per heavy atom. The molecule has 0 amide bonds. The quantitative estimate of drug-likeness (QED) is 0.836. The molecule has 1 rings (SSSR count). The third-order valence-corrected chi connectivity index (χ3v) is 1.96. The number of hydrogen-bond acceptors (Lipinski definition) is 3. The van der Waals surface area contributed by atoms with Gasteiger partial charge in [0.25, 0.3) is 0 Å². The van der Waals surface area contributed by atoms with E-state index in [1.165, 1.54) is 5.69 Å². The predicted molar refractivity (Wildman–Crippen MR) is 68.9 cm³/mol. The van der Waals surface area contributed by atoms with Crippen molar-refractivity contribution in [3.8, 4) is 0 Å². The molecule has 0 saturated heterocycles. The maximum Gasteiger partial charge on any atom is 0.0933 e. The van der Waals surface area contributed by atoms with Crippen LogP contribution in [0.1, 0.15) is 6.92 Å². The van der Waals surface area contributed by atoms with Gasteiger partial charge in [0.05, 0.1) is 6.10 Å². The highest BCUT2D eigenvalue weighted by atomic mass is 35.5. The van der Waals surface area contributed by atoms with Gasteiger partial charge in [-0.25, -0.2) is 5.90 Å². The molecule has 0 saturated carbocycles. The minimum atomic E-state index is 0. The van der Waals surface area contributed by atoms with E-state index in [0.717, 1.165) is 6.54 Å². The summed E-state index contributed by atoms with van der Waals surface area (Å²) in [7, 11) is 2.02. The molecule has 0 aliphatic heterocycles. The van der Waals surface area contributed by atoms with Gasteiger partial charge in [-0.2, -0.15) is 0 Å². The summed E-state index contributed by atoms with van der Waals surface area (Å²) < 4.78 is 0. The zero-order valence-electron chi connectivity index (χ0n) is 8.92. The maximum atomic E-state index is 5.07. The number of rotatable bonds is 4. The van der Waals surface area contributed by atoms with Crippen LogP contribution >= 0.6 is 24.8 Å². The summed E-state index contributed by atoms with van der Waals surface area (Å²) in [5.41, 5.74) is 1.17. The Labute approximate surface area is 103 Å². The molecule has 1 aromatic rings. The third kappa shape index (κ3) is 5.85. The van der Waals surface area contributed by atoms with Gasteiger partial charge in [-0.05, 0) is 19.1 Å². The first kappa shape index (κ1) is 16.9. The lowest BCUT2D eigenvalue weighted by molar-refractivity contribution is 0.0720. The van der Waals surface area contributed by atoms with Crippen LogP contribution in [-0.2, 0) is 4.84 Å². The topological polar surface area (TPSA) is 38.5 Å². The molecule has 0 aliphatic rings. The Morgan fingerprint density at radius 2 is 1.80 bits per heavy atom. The van der Waals surface area contributed by atoms with Gasteiger partial charge in [0.2, 0.25) is 0 Å². The molecule has 3 nitrogen and oxygen atoms in total. The van der Waals surface area contributed by atoms with Crippen molar-refractivity contribution in [2.24, 2.45) is 5.90 Å². The summed E-state index contributed by atoms with van der Waals surface area (Å²) in [6.07, 6.45) is 0.0465. The van der Waals surface area contributed by atoms with E-state index in [0.29, 0.717) is 0 Å². The second kappa shape index (κ2) is 8.80. The molecular weight excluding hydrogens is 235 g/mol. The minimum absolute atomic E-state index is 0. The predicted octanol–water partition coefficient (Wildman–Crippen LogP) is 2.25. The Balaban J connectivity index is 0. The van der Waals surface area contributed by atoms with Crippen LogP contribution in [-0.4, -0.2) is 19.7 Å². The third-order valence-electron chi connectivity index (χ3n) is 1.96. The first-order valence-electron chi connectivity index (χ1n) is 4.35. The highest BCUT2D eigenvalue weighted by molar-refractivity contribution is 5.85. The fraction of sp³-hybridized carbons (Fsp3) is 0.400. The minimum Gasteiger partial charge on any atom is -0.372 e. The lowest BCUT2D eigenvalue weighted by Gasteiger charge is -2.21. The van der Waals surface area contributed by atoms with Gasteiger partial charge in [0, 0.05) is 19.3 Å². The van der Waals surface area contributed by atoms with Gasteiger partial charge >= 0.3 is 0 Å². The van der Waals surface area contributed by atoms with Gasteiger partial charge in [0.15, 0.2) is 0 Å². The van der Waals surface area contributed by atoms with E-state index < -0.39 is 0 Å². The zero-order valence-corrected chi connectivity index (χ0v) is 10.6. The second-order valence-corrected chi connectivity index (χ2v) is 3.16. The van der Waals surface area contributed by atoms with Crippen LogP contribution in [0.3, 0.4) is 0 Å². The summed E-state index contributed by atoms with van der Waals surface area (Å²) in [6, 6.07) is 10.1. The lowest BCUT2D eigenvalue weighted by Crippen LogP contribution is -2.30. The number of hydrogen-bond donors (Lipinski definition) is 1. The molecule has 0 aliphatic carbocycles. The van der Waals surface area contributed by atoms with Crippen LogP contribution in [0, 0.1) is 0 Å². The monoisotopic (exact) mass is 252 g/mol. The number of benzene rings is 1. The number of nitrogens with zero attached hydrogens (tertiary/aromatic N) is 1. The van der Waals surface area contributed by atoms with Gasteiger partial charge in [0.1, 0.15) is 0 Å². The lowest BCUT2D eigenvalue weighted by atomic mass is 10.3. The van der Waals surface area contributed by atoms with Crippen molar-refractivity contribution in [2.45, 2.75) is 13.0 Å². The van der Waals surface area contributed by atoms with Crippen LogP contribution in [0.25, 0.3) is 0 Å². The average molecular weight is 253 g/mol. The van der Waals surface area contributed by atoms with E-state index in [9.17, 15) is 0 Å². The standard InChI is InChI=1S/C10H16N2O.2ClH/c1-9(13-11)8-12(2)10-6-4-3-5-7-10;;/h3-7,9H,8,11H2,1-2H3;2*1H. The Kier molecular flexibility index (Phi) is 9.93. The van der Waals surface area contributed by atoms with Crippen LogP contribution < -0.4 is 10.8 Å². The molecule has 0 bridgehead atoms. The number of halogens is 2. The largest absolute Gasteiger partial charge is 0.372 e. The first-order valence-corrected chi connectivity index (χ1v) is 4.35. The number of anilines is 1. The van der Waals surface area contributed by atoms with Crippen LogP contribution in [0.4, 0.5) is 5.69 Å². The maximum absolute atomic E-state index is 5.07. The summed E-state index contributed by atoms with van der Waals surface area (Å²) in [5.74, 6) is 5.07. The van der Waals surface area contributed by atoms with E-state index in [4.69, 9.17) is 10.7 Å². The molecule has 88 valence electrons. The van der Waals surface area contributed by atoms with Crippen LogP contribution in [0.15, 0.2) is 30.3 Å². The van der Waals surface area contributed by atoms with Crippen LogP contribution in [0.2, 0.25) is 0 Å². The normalized spacial score (nSPS) is 10.9. The highest BCUT2D eigenvalue weighted by Crippen LogP contribution is 2.11. The van der Waals surface area contributed by atoms with E-state index in [2.05, 4.69) is 17.0 Å². The fourth-order valence-electron chi connectivity index (χ4n) is 1.22. The average Bonchev–Trinajstić information content (AvgIpc) is 2.19.